The summed E-state index contributed by atoms with van der Waals surface area (Å²) in [5.41, 5.74) is -0.698. The third-order valence-electron chi connectivity index (χ3n) is 1.13. The number of hydrogen-bond donors (Lipinski definition) is 0. The minimum Gasteiger partial charge on any atom is -0.850 e. The van der Waals surface area contributed by atoms with Crippen LogP contribution in [0.2, 0.25) is 0 Å². The molecule has 0 aromatic carbocycles. The van der Waals surface area contributed by atoms with Gasteiger partial charge in [0.25, 0.3) is 0 Å². The maximum atomic E-state index is 10.9. The second kappa shape index (κ2) is 5.35. The van der Waals surface area contributed by atoms with Crippen molar-refractivity contribution in [3.05, 3.63) is 0 Å². The van der Waals surface area contributed by atoms with Crippen molar-refractivity contribution >= 4 is 0 Å². The summed E-state index contributed by atoms with van der Waals surface area (Å²) >= 11 is 0. The topological polar surface area (TPSA) is 23.1 Å². The van der Waals surface area contributed by atoms with Gasteiger partial charge in [-0.05, 0) is 0 Å². The molecular formula is C7H15LiO. The Bertz CT molecular complexity index is 56.4. The Hall–Kier alpha value is 0.557. The van der Waals surface area contributed by atoms with Gasteiger partial charge in [0.1, 0.15) is 0 Å². The number of unbranched alkanes of at least 4 members (excludes halogenated alkanes) is 1. The van der Waals surface area contributed by atoms with Crippen LogP contribution < -0.4 is 24.0 Å². The summed E-state index contributed by atoms with van der Waals surface area (Å²) in [5.74, 6) is 0. The van der Waals surface area contributed by atoms with Crippen molar-refractivity contribution in [3.63, 3.8) is 0 Å². The standard InChI is InChI=1S/C7H15O.Li/c1-4-5-6-7(2,3)8;/h4-6H2,1-3H3;/q-1;+1. The van der Waals surface area contributed by atoms with E-state index < -0.39 is 5.60 Å². The average Bonchev–Trinajstić information content (AvgIpc) is 1.59. The summed E-state index contributed by atoms with van der Waals surface area (Å²) in [6, 6.07) is 0. The van der Waals surface area contributed by atoms with Gasteiger partial charge in [0, 0.05) is 0 Å². The first-order valence-corrected chi connectivity index (χ1v) is 3.26. The predicted octanol–water partition coefficient (Wildman–Crippen LogP) is -1.68. The molecule has 0 atom stereocenters. The van der Waals surface area contributed by atoms with Crippen molar-refractivity contribution < 1.29 is 24.0 Å². The molecule has 0 unspecified atom stereocenters. The molecule has 0 heterocycles. The maximum absolute atomic E-state index is 10.9. The fraction of sp³-hybridized carbons (Fsp3) is 1.00. The third kappa shape index (κ3) is 11.9. The van der Waals surface area contributed by atoms with Gasteiger partial charge in [-0.1, -0.05) is 40.0 Å². The normalized spacial score (nSPS) is 10.7. The molecule has 0 saturated heterocycles. The summed E-state index contributed by atoms with van der Waals surface area (Å²) < 4.78 is 0. The predicted molar refractivity (Wildman–Crippen MR) is 33.6 cm³/mol. The Morgan fingerprint density at radius 2 is 1.78 bits per heavy atom. The van der Waals surface area contributed by atoms with Crippen LogP contribution in [0.3, 0.4) is 0 Å². The van der Waals surface area contributed by atoms with Crippen LogP contribution in [0.25, 0.3) is 0 Å². The van der Waals surface area contributed by atoms with Crippen LogP contribution in [0.5, 0.6) is 0 Å². The van der Waals surface area contributed by atoms with E-state index in [1.807, 2.05) is 0 Å². The number of hydrogen-bond acceptors (Lipinski definition) is 1. The van der Waals surface area contributed by atoms with Crippen molar-refractivity contribution in [3.8, 4) is 0 Å². The van der Waals surface area contributed by atoms with Crippen LogP contribution in [-0.4, -0.2) is 5.60 Å². The molecule has 0 spiro atoms. The first-order chi connectivity index (χ1) is 3.56. The Balaban J connectivity index is 0. The summed E-state index contributed by atoms with van der Waals surface area (Å²) in [4.78, 5) is 0. The molecule has 0 N–H and O–H groups in total. The van der Waals surface area contributed by atoms with Gasteiger partial charge in [0.05, 0.1) is 0 Å². The monoisotopic (exact) mass is 122 g/mol. The van der Waals surface area contributed by atoms with E-state index in [4.69, 9.17) is 0 Å². The maximum Gasteiger partial charge on any atom is 1.00 e. The first-order valence-electron chi connectivity index (χ1n) is 3.26. The minimum absolute atomic E-state index is 0. The van der Waals surface area contributed by atoms with E-state index in [1.165, 1.54) is 0 Å². The van der Waals surface area contributed by atoms with Crippen LogP contribution in [0, 0.1) is 0 Å². The molecular weight excluding hydrogens is 107 g/mol. The van der Waals surface area contributed by atoms with Gasteiger partial charge in [-0.3, -0.25) is 0 Å². The van der Waals surface area contributed by atoms with E-state index in [-0.39, 0.29) is 18.9 Å². The van der Waals surface area contributed by atoms with Crippen molar-refractivity contribution in [2.24, 2.45) is 0 Å². The van der Waals surface area contributed by atoms with Gasteiger partial charge >= 0.3 is 18.9 Å². The van der Waals surface area contributed by atoms with E-state index in [9.17, 15) is 5.11 Å². The van der Waals surface area contributed by atoms with Crippen molar-refractivity contribution in [2.75, 3.05) is 0 Å². The SMILES string of the molecule is CCCCC(C)(C)[O-].[Li+]. The van der Waals surface area contributed by atoms with Crippen molar-refractivity contribution in [1.82, 2.24) is 0 Å². The number of rotatable bonds is 3. The van der Waals surface area contributed by atoms with E-state index in [0.717, 1.165) is 19.3 Å². The van der Waals surface area contributed by atoms with Gasteiger partial charge in [0.15, 0.2) is 0 Å². The van der Waals surface area contributed by atoms with Gasteiger partial charge in [-0.25, -0.2) is 0 Å². The molecule has 2 heteroatoms. The fourth-order valence-corrected chi connectivity index (χ4v) is 0.602. The molecule has 0 fully saturated rings. The molecule has 1 nitrogen and oxygen atoms in total. The van der Waals surface area contributed by atoms with Crippen LogP contribution in [-0.2, 0) is 0 Å². The molecule has 0 amide bonds. The van der Waals surface area contributed by atoms with Gasteiger partial charge in [-0.15, -0.1) is 5.60 Å². The van der Waals surface area contributed by atoms with Gasteiger partial charge < -0.3 is 5.11 Å². The molecule has 0 saturated carbocycles. The smallest absolute Gasteiger partial charge is 0.850 e. The first kappa shape index (κ1) is 12.3. The van der Waals surface area contributed by atoms with Crippen LogP contribution >= 0.6 is 0 Å². The quantitative estimate of drug-likeness (QED) is 0.410. The molecule has 0 radical (unpaired) electrons. The van der Waals surface area contributed by atoms with Crippen molar-refractivity contribution in [1.29, 1.82) is 0 Å². The summed E-state index contributed by atoms with van der Waals surface area (Å²) in [6.07, 6.45) is 3.01. The van der Waals surface area contributed by atoms with Crippen LogP contribution in [0.15, 0.2) is 0 Å². The molecule has 0 aromatic heterocycles. The minimum atomic E-state index is -0.698. The molecule has 50 valence electrons. The second-order valence-corrected chi connectivity index (χ2v) is 2.86. The Morgan fingerprint density at radius 1 is 1.33 bits per heavy atom. The van der Waals surface area contributed by atoms with Crippen LogP contribution in [0.4, 0.5) is 0 Å². The zero-order valence-corrected chi connectivity index (χ0v) is 7.03. The fourth-order valence-electron chi connectivity index (χ4n) is 0.602. The zero-order chi connectivity index (χ0) is 6.62. The largest absolute Gasteiger partial charge is 1.00 e. The average molecular weight is 122 g/mol. The molecule has 0 aliphatic carbocycles. The van der Waals surface area contributed by atoms with Crippen LogP contribution in [0.1, 0.15) is 40.0 Å². The molecule has 0 bridgehead atoms. The molecule has 0 aromatic rings. The van der Waals surface area contributed by atoms with E-state index >= 15 is 0 Å². The van der Waals surface area contributed by atoms with E-state index in [2.05, 4.69) is 6.92 Å². The summed E-state index contributed by atoms with van der Waals surface area (Å²) in [6.45, 7) is 5.58. The molecule has 9 heavy (non-hydrogen) atoms. The third-order valence-corrected chi connectivity index (χ3v) is 1.13. The van der Waals surface area contributed by atoms with E-state index in [1.54, 1.807) is 13.8 Å². The summed E-state index contributed by atoms with van der Waals surface area (Å²) in [5, 5.41) is 10.9. The second-order valence-electron chi connectivity index (χ2n) is 2.86. The van der Waals surface area contributed by atoms with Crippen molar-refractivity contribution in [2.45, 2.75) is 45.6 Å². The molecule has 0 rings (SSSR count). The Morgan fingerprint density at radius 3 is 1.89 bits per heavy atom. The van der Waals surface area contributed by atoms with E-state index in [0.29, 0.717) is 0 Å². The summed E-state index contributed by atoms with van der Waals surface area (Å²) in [7, 11) is 0. The zero-order valence-electron chi connectivity index (χ0n) is 7.03. The van der Waals surface area contributed by atoms with Gasteiger partial charge in [-0.2, -0.15) is 0 Å². The molecule has 0 aliphatic heterocycles. The Labute approximate surface area is 70.0 Å². The molecule has 0 aliphatic rings. The van der Waals surface area contributed by atoms with Gasteiger partial charge in [0.2, 0.25) is 0 Å². The Kier molecular flexibility index (Phi) is 7.29.